The van der Waals surface area contributed by atoms with Crippen LogP contribution in [0.15, 0.2) is 60.7 Å². The number of anilines is 4. The summed E-state index contributed by atoms with van der Waals surface area (Å²) in [6.45, 7) is 4.66. The van der Waals surface area contributed by atoms with Gasteiger partial charge in [0.2, 0.25) is 17.7 Å². The summed E-state index contributed by atoms with van der Waals surface area (Å²) in [6.07, 6.45) is -2.19. The maximum atomic E-state index is 15.5. The highest BCUT2D eigenvalue weighted by Gasteiger charge is 2.36. The number of piperidine rings is 2. The fraction of sp³-hybridized carbons (Fsp3) is 0.385. The second kappa shape index (κ2) is 17.5. The van der Waals surface area contributed by atoms with Crippen molar-refractivity contribution in [3.63, 3.8) is 0 Å². The SMILES string of the molecule is CN(C(=S)N(c1ccc(OCC2CCN(CC(=O)Nc3cccc(NC4CCC(=O)NC4=O)c3)CC2)c(F)c1)C(C)(C)C=O)c1ccc(C#N)c(C(F)(F)F)c1. The van der Waals surface area contributed by atoms with Gasteiger partial charge in [-0.2, -0.15) is 18.4 Å². The van der Waals surface area contributed by atoms with Crippen LogP contribution in [0.25, 0.3) is 0 Å². The monoisotopic (exact) mass is 795 g/mol. The van der Waals surface area contributed by atoms with Gasteiger partial charge in [0.1, 0.15) is 12.3 Å². The van der Waals surface area contributed by atoms with Gasteiger partial charge >= 0.3 is 6.18 Å². The van der Waals surface area contributed by atoms with Crippen molar-refractivity contribution in [3.05, 3.63) is 77.6 Å². The molecule has 3 amide bonds. The number of carbonyl (C=O) groups is 4. The van der Waals surface area contributed by atoms with E-state index in [0.29, 0.717) is 50.0 Å². The van der Waals surface area contributed by atoms with Gasteiger partial charge in [-0.1, -0.05) is 6.07 Å². The van der Waals surface area contributed by atoms with Gasteiger partial charge in [-0.15, -0.1) is 0 Å². The highest BCUT2D eigenvalue weighted by atomic mass is 32.1. The molecule has 3 N–H and O–H groups in total. The van der Waals surface area contributed by atoms with E-state index in [2.05, 4.69) is 16.0 Å². The highest BCUT2D eigenvalue weighted by Crippen LogP contribution is 2.36. The van der Waals surface area contributed by atoms with E-state index in [9.17, 15) is 37.6 Å². The molecule has 0 bridgehead atoms. The number of likely N-dealkylation sites (tertiary alicyclic amines) is 1. The predicted octanol–water partition coefficient (Wildman–Crippen LogP) is 5.87. The molecule has 0 radical (unpaired) electrons. The van der Waals surface area contributed by atoms with E-state index in [1.165, 1.54) is 55.0 Å². The summed E-state index contributed by atoms with van der Waals surface area (Å²) in [4.78, 5) is 53.2. The molecule has 2 saturated heterocycles. The summed E-state index contributed by atoms with van der Waals surface area (Å²) >= 11 is 5.64. The topological polar surface area (TPSA) is 147 Å². The van der Waals surface area contributed by atoms with Gasteiger partial charge in [-0.25, -0.2) is 4.39 Å². The molecule has 1 unspecified atom stereocenters. The zero-order chi connectivity index (χ0) is 40.8. The number of benzene rings is 3. The molecule has 0 spiro atoms. The molecule has 296 valence electrons. The fourth-order valence-electron chi connectivity index (χ4n) is 6.46. The summed E-state index contributed by atoms with van der Waals surface area (Å²) in [5.74, 6) is -1.58. The lowest BCUT2D eigenvalue weighted by Crippen LogP contribution is -2.54. The van der Waals surface area contributed by atoms with Crippen LogP contribution in [-0.2, 0) is 25.4 Å². The molecule has 2 fully saturated rings. The van der Waals surface area contributed by atoms with Gasteiger partial charge in [-0.3, -0.25) is 24.6 Å². The number of nitriles is 1. The molecule has 0 aromatic heterocycles. The Morgan fingerprint density at radius 3 is 2.39 bits per heavy atom. The first-order valence-electron chi connectivity index (χ1n) is 17.8. The Hall–Kier alpha value is -5.60. The van der Waals surface area contributed by atoms with Gasteiger partial charge in [-0.05, 0) is 113 Å². The van der Waals surface area contributed by atoms with Crippen LogP contribution in [0.1, 0.15) is 50.7 Å². The van der Waals surface area contributed by atoms with E-state index in [0.717, 1.165) is 18.2 Å². The van der Waals surface area contributed by atoms with Crippen molar-refractivity contribution >= 4 is 64.1 Å². The quantitative estimate of drug-likeness (QED) is 0.0876. The number of alkyl halides is 3. The number of hydrogen-bond acceptors (Lipinski definition) is 9. The minimum Gasteiger partial charge on any atom is -0.490 e. The molecule has 12 nitrogen and oxygen atoms in total. The molecule has 5 rings (SSSR count). The van der Waals surface area contributed by atoms with Crippen LogP contribution < -0.4 is 30.5 Å². The van der Waals surface area contributed by atoms with Crippen molar-refractivity contribution in [2.24, 2.45) is 5.92 Å². The van der Waals surface area contributed by atoms with Crippen molar-refractivity contribution in [2.45, 2.75) is 57.3 Å². The van der Waals surface area contributed by atoms with Gasteiger partial charge in [0, 0.05) is 42.3 Å². The van der Waals surface area contributed by atoms with Crippen LogP contribution in [-0.4, -0.2) is 78.9 Å². The first kappa shape index (κ1) is 41.6. The Bertz CT molecular complexity index is 2030. The first-order chi connectivity index (χ1) is 26.5. The van der Waals surface area contributed by atoms with Gasteiger partial charge in [0.15, 0.2) is 16.7 Å². The zero-order valence-corrected chi connectivity index (χ0v) is 31.7. The Labute approximate surface area is 326 Å². The number of nitrogens with zero attached hydrogens (tertiary/aromatic N) is 4. The third kappa shape index (κ3) is 10.2. The number of nitrogens with one attached hydrogen (secondary N) is 3. The van der Waals surface area contributed by atoms with Crippen molar-refractivity contribution in [1.82, 2.24) is 10.2 Å². The molecular weight excluding hydrogens is 755 g/mol. The van der Waals surface area contributed by atoms with E-state index in [1.54, 1.807) is 24.3 Å². The zero-order valence-electron chi connectivity index (χ0n) is 30.9. The summed E-state index contributed by atoms with van der Waals surface area (Å²) < 4.78 is 62.4. The maximum absolute atomic E-state index is 15.5. The molecule has 2 aliphatic heterocycles. The Morgan fingerprint density at radius 2 is 1.75 bits per heavy atom. The Balaban J connectivity index is 1.14. The lowest BCUT2D eigenvalue weighted by atomic mass is 9.98. The maximum Gasteiger partial charge on any atom is 0.417 e. The number of ether oxygens (including phenoxy) is 1. The van der Waals surface area contributed by atoms with Crippen LogP contribution in [0, 0.1) is 23.1 Å². The summed E-state index contributed by atoms with van der Waals surface area (Å²) in [5.41, 5.74) is -1.68. The minimum atomic E-state index is -4.80. The largest absolute Gasteiger partial charge is 0.490 e. The standard InChI is InChI=1S/C39H41F4N7O5S/c1-38(2,23-51)50(37(56)48(3)28-8-7-25(20-44)30(18-28)39(41,42)43)29-9-11-33(31(40)19-29)55-22-24-13-15-49(16-14-24)21-35(53)46-27-6-4-5-26(17-27)45-32-10-12-34(52)47-36(32)54/h4-9,11,17-19,23-24,32,45H,10,12-16,21-22H2,1-3H3,(H,46,53)(H,47,52,54). The van der Waals surface area contributed by atoms with E-state index < -0.39 is 34.7 Å². The number of imide groups is 1. The van der Waals surface area contributed by atoms with Crippen molar-refractivity contribution in [2.75, 3.05) is 53.7 Å². The lowest BCUT2D eigenvalue weighted by Gasteiger charge is -2.39. The average molecular weight is 796 g/mol. The number of aldehydes is 1. The Morgan fingerprint density at radius 1 is 1.05 bits per heavy atom. The molecular formula is C39H41F4N7O5S. The summed E-state index contributed by atoms with van der Waals surface area (Å²) in [5, 5.41) is 17.4. The molecule has 2 aliphatic rings. The summed E-state index contributed by atoms with van der Waals surface area (Å²) in [7, 11) is 1.41. The van der Waals surface area contributed by atoms with Crippen LogP contribution >= 0.6 is 12.2 Å². The van der Waals surface area contributed by atoms with Gasteiger partial charge in [0.05, 0.1) is 35.9 Å². The van der Waals surface area contributed by atoms with E-state index >= 15 is 4.39 Å². The van der Waals surface area contributed by atoms with E-state index in [-0.39, 0.29) is 65.4 Å². The fourth-order valence-corrected chi connectivity index (χ4v) is 6.91. The third-order valence-corrected chi connectivity index (χ3v) is 10.1. The second-order valence-corrected chi connectivity index (χ2v) is 14.6. The third-order valence-electron chi connectivity index (χ3n) is 9.61. The molecule has 56 heavy (non-hydrogen) atoms. The van der Waals surface area contributed by atoms with Crippen molar-refractivity contribution < 1.29 is 41.5 Å². The smallest absolute Gasteiger partial charge is 0.417 e. The summed E-state index contributed by atoms with van der Waals surface area (Å²) in [6, 6.07) is 15.1. The lowest BCUT2D eigenvalue weighted by molar-refractivity contribution is -0.138. The minimum absolute atomic E-state index is 0.00601. The molecule has 3 aromatic carbocycles. The van der Waals surface area contributed by atoms with Crippen LogP contribution in [0.4, 0.5) is 40.3 Å². The highest BCUT2D eigenvalue weighted by molar-refractivity contribution is 7.80. The van der Waals surface area contributed by atoms with Crippen LogP contribution in [0.5, 0.6) is 5.75 Å². The second-order valence-electron chi connectivity index (χ2n) is 14.2. The molecule has 17 heteroatoms. The molecule has 0 aliphatic carbocycles. The first-order valence-corrected chi connectivity index (χ1v) is 18.2. The number of carbonyl (C=O) groups excluding carboxylic acids is 4. The Kier molecular flexibility index (Phi) is 13.0. The number of rotatable bonds is 12. The van der Waals surface area contributed by atoms with Gasteiger partial charge < -0.3 is 30.0 Å². The van der Waals surface area contributed by atoms with Crippen molar-refractivity contribution in [1.29, 1.82) is 5.26 Å². The average Bonchev–Trinajstić information content (AvgIpc) is 3.15. The number of halogens is 4. The van der Waals surface area contributed by atoms with E-state index in [1.807, 2.05) is 4.90 Å². The van der Waals surface area contributed by atoms with Crippen molar-refractivity contribution in [3.8, 4) is 11.8 Å². The number of hydrogen-bond donors (Lipinski definition) is 3. The molecule has 0 saturated carbocycles. The van der Waals surface area contributed by atoms with Crippen LogP contribution in [0.3, 0.4) is 0 Å². The van der Waals surface area contributed by atoms with Crippen LogP contribution in [0.2, 0.25) is 0 Å². The van der Waals surface area contributed by atoms with Gasteiger partial charge in [0.25, 0.3) is 0 Å². The molecule has 2 heterocycles. The number of amides is 3. The molecule has 1 atom stereocenters. The number of thiocarbonyl (C=S) groups is 1. The predicted molar refractivity (Wildman–Crippen MR) is 206 cm³/mol. The van der Waals surface area contributed by atoms with E-state index in [4.69, 9.17) is 17.0 Å². The normalized spacial score (nSPS) is 16.6. The molecule has 3 aromatic rings.